The van der Waals surface area contributed by atoms with Crippen molar-refractivity contribution in [3.63, 3.8) is 0 Å². The third-order valence-electron chi connectivity index (χ3n) is 8.49. The molecule has 170 valence electrons. The molecule has 0 saturated carbocycles. The summed E-state index contributed by atoms with van der Waals surface area (Å²) in [4.78, 5) is 0. The van der Waals surface area contributed by atoms with Gasteiger partial charge in [0.05, 0.1) is 0 Å². The van der Waals surface area contributed by atoms with E-state index in [1.807, 2.05) is 0 Å². The molecule has 0 radical (unpaired) electrons. The molecule has 0 rings (SSSR count). The van der Waals surface area contributed by atoms with E-state index >= 15 is 0 Å². The van der Waals surface area contributed by atoms with Crippen LogP contribution in [0.4, 0.5) is 0 Å². The summed E-state index contributed by atoms with van der Waals surface area (Å²) in [6.07, 6.45) is 7.68. The Kier molecular flexibility index (Phi) is 13.1. The molecule has 0 aromatic heterocycles. The second kappa shape index (κ2) is 12.9. The molecule has 0 saturated heterocycles. The molecular formula is C25H56OSi2. The standard InChI is InChI=1S/C25H56OSi2/c1-13-19-27(21(9)14-2,22(10)15-3)26-28(23(11)16-4,24(12)17-5)25(18-6)20(7)8/h20-25H,13-19H2,1-12H3. The Morgan fingerprint density at radius 3 is 1.21 bits per heavy atom. The van der Waals surface area contributed by atoms with Gasteiger partial charge in [-0.1, -0.05) is 122 Å². The van der Waals surface area contributed by atoms with E-state index in [0.29, 0.717) is 0 Å². The maximum atomic E-state index is 8.07. The van der Waals surface area contributed by atoms with Crippen molar-refractivity contribution in [1.29, 1.82) is 0 Å². The highest BCUT2D eigenvalue weighted by Crippen LogP contribution is 2.55. The molecule has 0 bridgehead atoms. The summed E-state index contributed by atoms with van der Waals surface area (Å²) in [5.74, 6) is 0.724. The quantitative estimate of drug-likeness (QED) is 0.236. The fourth-order valence-corrected chi connectivity index (χ4v) is 22.5. The smallest absolute Gasteiger partial charge is 0.188 e. The van der Waals surface area contributed by atoms with Crippen LogP contribution in [-0.4, -0.2) is 16.6 Å². The zero-order valence-electron chi connectivity index (χ0n) is 21.8. The average Bonchev–Trinajstić information content (AvgIpc) is 2.69. The van der Waals surface area contributed by atoms with Gasteiger partial charge in [-0.2, -0.15) is 0 Å². The van der Waals surface area contributed by atoms with Crippen LogP contribution in [-0.2, 0) is 4.12 Å². The summed E-state index contributed by atoms with van der Waals surface area (Å²) in [7, 11) is -3.82. The molecule has 0 aliphatic heterocycles. The molecule has 0 fully saturated rings. The summed E-state index contributed by atoms with van der Waals surface area (Å²) in [6.45, 7) is 29.6. The van der Waals surface area contributed by atoms with Crippen molar-refractivity contribution in [2.24, 2.45) is 5.92 Å². The maximum absolute atomic E-state index is 8.07. The van der Waals surface area contributed by atoms with Crippen LogP contribution >= 0.6 is 0 Å². The molecule has 1 nitrogen and oxygen atoms in total. The fraction of sp³-hybridized carbons (Fsp3) is 1.00. The molecule has 5 unspecified atom stereocenters. The van der Waals surface area contributed by atoms with E-state index < -0.39 is 16.6 Å². The van der Waals surface area contributed by atoms with Gasteiger partial charge in [0.25, 0.3) is 0 Å². The van der Waals surface area contributed by atoms with Gasteiger partial charge < -0.3 is 4.12 Å². The zero-order chi connectivity index (χ0) is 22.1. The summed E-state index contributed by atoms with van der Waals surface area (Å²) in [6, 6.07) is 1.35. The van der Waals surface area contributed by atoms with Crippen molar-refractivity contribution < 1.29 is 4.12 Å². The van der Waals surface area contributed by atoms with E-state index in [9.17, 15) is 0 Å². The predicted molar refractivity (Wildman–Crippen MR) is 135 cm³/mol. The van der Waals surface area contributed by atoms with Gasteiger partial charge in [0.2, 0.25) is 0 Å². The normalized spacial score (nSPS) is 22.2. The van der Waals surface area contributed by atoms with E-state index in [2.05, 4.69) is 83.1 Å². The van der Waals surface area contributed by atoms with Gasteiger partial charge in [0.1, 0.15) is 0 Å². The second-order valence-electron chi connectivity index (χ2n) is 10.2. The minimum atomic E-state index is -1.96. The molecule has 0 N–H and O–H groups in total. The fourth-order valence-electron chi connectivity index (χ4n) is 6.08. The van der Waals surface area contributed by atoms with Crippen molar-refractivity contribution in [3.8, 4) is 0 Å². The molecule has 0 aromatic rings. The molecule has 0 spiro atoms. The van der Waals surface area contributed by atoms with E-state index in [1.54, 1.807) is 0 Å². The zero-order valence-corrected chi connectivity index (χ0v) is 23.8. The molecule has 0 aliphatic carbocycles. The van der Waals surface area contributed by atoms with Gasteiger partial charge in [0.15, 0.2) is 16.6 Å². The molecule has 28 heavy (non-hydrogen) atoms. The van der Waals surface area contributed by atoms with Gasteiger partial charge >= 0.3 is 0 Å². The monoisotopic (exact) mass is 428 g/mol. The van der Waals surface area contributed by atoms with Crippen molar-refractivity contribution in [3.05, 3.63) is 0 Å². The van der Waals surface area contributed by atoms with E-state index in [-0.39, 0.29) is 0 Å². The first-order valence-corrected chi connectivity index (χ1v) is 17.2. The van der Waals surface area contributed by atoms with Crippen molar-refractivity contribution in [1.82, 2.24) is 0 Å². The van der Waals surface area contributed by atoms with Gasteiger partial charge in [-0.05, 0) is 39.7 Å². The summed E-state index contributed by atoms with van der Waals surface area (Å²) >= 11 is 0. The Morgan fingerprint density at radius 1 is 0.571 bits per heavy atom. The third-order valence-corrected chi connectivity index (χ3v) is 23.0. The van der Waals surface area contributed by atoms with Gasteiger partial charge in [0, 0.05) is 0 Å². The highest BCUT2D eigenvalue weighted by molar-refractivity contribution is 6.90. The summed E-state index contributed by atoms with van der Waals surface area (Å²) in [5.41, 5.74) is 3.77. The van der Waals surface area contributed by atoms with E-state index in [1.165, 1.54) is 44.6 Å². The molecule has 3 heteroatoms. The Balaban J connectivity index is 6.80. The van der Waals surface area contributed by atoms with Crippen LogP contribution in [0.15, 0.2) is 0 Å². The van der Waals surface area contributed by atoms with Crippen LogP contribution in [0.3, 0.4) is 0 Å². The largest absolute Gasteiger partial charge is 0.454 e. The van der Waals surface area contributed by atoms with Gasteiger partial charge in [-0.25, -0.2) is 0 Å². The third kappa shape index (κ3) is 5.75. The second-order valence-corrected chi connectivity index (χ2v) is 19.8. The topological polar surface area (TPSA) is 9.23 Å². The van der Waals surface area contributed by atoms with Crippen LogP contribution in [0, 0.1) is 5.92 Å². The minimum absolute atomic E-state index is 0.724. The van der Waals surface area contributed by atoms with E-state index in [4.69, 9.17) is 4.12 Å². The van der Waals surface area contributed by atoms with Crippen molar-refractivity contribution in [2.45, 2.75) is 155 Å². The van der Waals surface area contributed by atoms with Crippen LogP contribution < -0.4 is 0 Å². The molecule has 0 amide bonds. The average molecular weight is 429 g/mol. The van der Waals surface area contributed by atoms with E-state index in [0.717, 1.165) is 33.6 Å². The maximum Gasteiger partial charge on any atom is 0.188 e. The molecule has 0 aromatic carbocycles. The predicted octanol–water partition coefficient (Wildman–Crippen LogP) is 9.94. The Morgan fingerprint density at radius 2 is 0.964 bits per heavy atom. The highest BCUT2D eigenvalue weighted by Gasteiger charge is 2.57. The molecule has 0 heterocycles. The van der Waals surface area contributed by atoms with Crippen LogP contribution in [0.1, 0.15) is 122 Å². The Hall–Kier alpha value is 0.394. The van der Waals surface area contributed by atoms with Crippen LogP contribution in [0.25, 0.3) is 0 Å². The first kappa shape index (κ1) is 28.4. The lowest BCUT2D eigenvalue weighted by Crippen LogP contribution is -2.62. The number of hydrogen-bond donors (Lipinski definition) is 0. The summed E-state index contributed by atoms with van der Waals surface area (Å²) < 4.78 is 8.07. The molecular weight excluding hydrogens is 372 g/mol. The lowest BCUT2D eigenvalue weighted by Gasteiger charge is -2.56. The van der Waals surface area contributed by atoms with Crippen LogP contribution in [0.5, 0.6) is 0 Å². The Bertz CT molecular complexity index is 389. The Labute approximate surface area is 182 Å². The lowest BCUT2D eigenvalue weighted by atomic mass is 10.1. The SMILES string of the molecule is CCC[Si](O[Si](C(C)CC)(C(C)CC)C(CC)C(C)C)(C(C)CC)C(C)CC. The van der Waals surface area contributed by atoms with Crippen molar-refractivity contribution >= 4 is 16.6 Å². The summed E-state index contributed by atoms with van der Waals surface area (Å²) in [5, 5.41) is 0. The van der Waals surface area contributed by atoms with Gasteiger partial charge in [-0.3, -0.25) is 0 Å². The molecule has 0 aliphatic rings. The molecule has 5 atom stereocenters. The van der Waals surface area contributed by atoms with Crippen LogP contribution in [0.2, 0.25) is 33.7 Å². The van der Waals surface area contributed by atoms with Gasteiger partial charge in [-0.15, -0.1) is 0 Å². The lowest BCUT2D eigenvalue weighted by molar-refractivity contribution is 0.378. The first-order valence-electron chi connectivity index (χ1n) is 12.8. The number of hydrogen-bond acceptors (Lipinski definition) is 1. The minimum Gasteiger partial charge on any atom is -0.454 e. The first-order chi connectivity index (χ1) is 13.1. The van der Waals surface area contributed by atoms with Crippen molar-refractivity contribution in [2.75, 3.05) is 0 Å². The highest BCUT2D eigenvalue weighted by atomic mass is 28.4. The number of rotatable bonds is 15.